The molecule has 2 spiro atoms. The first-order valence-electron chi connectivity index (χ1n) is 25.7. The molecule has 0 bridgehead atoms. The SMILES string of the molecule is CCCCCCCCCCCCC1N(C)CC23C4=C5C=CC6C7C5=C2C2C5=C7C7C6C=CC6C8CCC9C%10CCC%11=C(C4C)C13C1C%11C%10C3C9C8C(C5C3C21)C67. The van der Waals surface area contributed by atoms with Crippen LogP contribution < -0.4 is 0 Å². The fourth-order valence-corrected chi connectivity index (χ4v) is 25.1. The highest BCUT2D eigenvalue weighted by molar-refractivity contribution is 5.78. The monoisotopic (exact) mass is 742 g/mol. The van der Waals surface area contributed by atoms with Crippen molar-refractivity contribution in [1.29, 1.82) is 0 Å². The van der Waals surface area contributed by atoms with E-state index >= 15 is 0 Å². The van der Waals surface area contributed by atoms with E-state index in [4.69, 9.17) is 0 Å². The molecule has 1 heteroatoms. The van der Waals surface area contributed by atoms with Crippen LogP contribution in [0.5, 0.6) is 0 Å². The molecule has 0 aromatic carbocycles. The summed E-state index contributed by atoms with van der Waals surface area (Å²) in [5.74, 6) is 20.3. The molecule has 1 aliphatic heterocycles. The van der Waals surface area contributed by atoms with Crippen molar-refractivity contribution in [1.82, 2.24) is 4.90 Å². The van der Waals surface area contributed by atoms with Gasteiger partial charge in [0.15, 0.2) is 0 Å². The standard InChI is InChI=1S/C55H67N/c1-4-5-6-7-8-9-10-11-12-13-14-33-55-51-24(2)50-31-21-19-29-27-17-15-25-26-16-18-28-30-20-22-32(51)41-39(30)44-37(28)35(26)42-34(25)36(27)43-38(29)40(31)52(54(50,55)23-56(33)3)48-46(43)45(42)47(44)49(48)53(41)55/h15,17,19,21,24-30,33-39,41-42,44-45,47-49,53H,4-14,16,18,20,22-23H2,1-3H3. The summed E-state index contributed by atoms with van der Waals surface area (Å²) in [5.41, 5.74) is 17.7. The Kier molecular flexibility index (Phi) is 5.38. The van der Waals surface area contributed by atoms with Crippen molar-refractivity contribution in [2.75, 3.05) is 13.6 Å². The Labute approximate surface area is 337 Å². The van der Waals surface area contributed by atoms with Gasteiger partial charge in [-0.05, 0) is 168 Å². The molecule has 17 rings (SSSR count). The van der Waals surface area contributed by atoms with E-state index in [-0.39, 0.29) is 0 Å². The molecule has 17 aliphatic rings. The van der Waals surface area contributed by atoms with Gasteiger partial charge >= 0.3 is 0 Å². The quantitative estimate of drug-likeness (QED) is 0.151. The van der Waals surface area contributed by atoms with E-state index in [1.807, 2.05) is 16.7 Å². The van der Waals surface area contributed by atoms with E-state index < -0.39 is 0 Å². The third-order valence-electron chi connectivity index (χ3n) is 24.6. The average Bonchev–Trinajstić information content (AvgIpc) is 4.06. The molecule has 1 saturated heterocycles. The molecule has 24 unspecified atom stereocenters. The highest BCUT2D eigenvalue weighted by atomic mass is 15.2. The maximum atomic E-state index is 3.11. The maximum absolute atomic E-state index is 3.11. The van der Waals surface area contributed by atoms with Crippen LogP contribution in [0.3, 0.4) is 0 Å². The zero-order valence-corrected chi connectivity index (χ0v) is 34.8. The molecule has 1 nitrogen and oxygen atoms in total. The van der Waals surface area contributed by atoms with Crippen LogP contribution in [0.4, 0.5) is 0 Å². The molecular formula is C55H67N. The van der Waals surface area contributed by atoms with Gasteiger partial charge in [-0.1, -0.05) is 125 Å². The first kappa shape index (κ1) is 31.3. The van der Waals surface area contributed by atoms with Gasteiger partial charge in [0, 0.05) is 41.2 Å². The van der Waals surface area contributed by atoms with Crippen molar-refractivity contribution < 1.29 is 0 Å². The Morgan fingerprint density at radius 1 is 0.625 bits per heavy atom. The van der Waals surface area contributed by atoms with Crippen LogP contribution in [-0.2, 0) is 0 Å². The minimum absolute atomic E-state index is 0.323. The van der Waals surface area contributed by atoms with Crippen LogP contribution in [0.25, 0.3) is 0 Å². The normalized spacial score (nSPS) is 61.2. The molecule has 0 N–H and O–H groups in total. The van der Waals surface area contributed by atoms with Gasteiger partial charge in [-0.3, -0.25) is 0 Å². The second kappa shape index (κ2) is 9.63. The predicted octanol–water partition coefficient (Wildman–Crippen LogP) is 11.6. The van der Waals surface area contributed by atoms with E-state index in [0.717, 1.165) is 124 Å². The summed E-state index contributed by atoms with van der Waals surface area (Å²) < 4.78 is 0. The molecule has 292 valence electrons. The Hall–Kier alpha value is -1.60. The third kappa shape index (κ3) is 2.70. The number of rotatable bonds is 11. The first-order chi connectivity index (χ1) is 27.7. The molecule has 11 fully saturated rings. The Morgan fingerprint density at radius 3 is 2.21 bits per heavy atom. The Bertz CT molecular complexity index is 2150. The van der Waals surface area contributed by atoms with Crippen LogP contribution in [-0.4, -0.2) is 24.5 Å². The molecular weight excluding hydrogens is 675 g/mol. The summed E-state index contributed by atoms with van der Waals surface area (Å²) in [7, 11) is 2.69. The van der Waals surface area contributed by atoms with E-state index in [9.17, 15) is 0 Å². The van der Waals surface area contributed by atoms with E-state index in [1.165, 1.54) is 83.6 Å². The lowest BCUT2D eigenvalue weighted by Crippen LogP contribution is -2.63. The lowest BCUT2D eigenvalue weighted by atomic mass is 9.38. The highest BCUT2D eigenvalue weighted by Gasteiger charge is 2.91. The molecule has 16 aliphatic carbocycles. The summed E-state index contributed by atoms with van der Waals surface area (Å²) in [5, 5.41) is 0. The van der Waals surface area contributed by atoms with Gasteiger partial charge < -0.3 is 4.90 Å². The number of fused-ring (bicyclic) bond motifs is 3. The van der Waals surface area contributed by atoms with Crippen LogP contribution in [0, 0.1) is 135 Å². The van der Waals surface area contributed by atoms with Gasteiger partial charge in [0.25, 0.3) is 0 Å². The van der Waals surface area contributed by atoms with Crippen molar-refractivity contribution in [2.45, 2.75) is 116 Å². The molecule has 10 saturated carbocycles. The summed E-state index contributed by atoms with van der Waals surface area (Å²) in [6.45, 7) is 6.57. The molecule has 1 heterocycles. The van der Waals surface area contributed by atoms with Gasteiger partial charge in [0.1, 0.15) is 0 Å². The first-order valence-corrected chi connectivity index (χ1v) is 25.7. The van der Waals surface area contributed by atoms with E-state index in [2.05, 4.69) is 78.0 Å². The summed E-state index contributed by atoms with van der Waals surface area (Å²) in [6.07, 6.45) is 34.1. The summed E-state index contributed by atoms with van der Waals surface area (Å²) >= 11 is 0. The number of allylic oxidation sites excluding steroid dienone is 9. The lowest BCUT2D eigenvalue weighted by molar-refractivity contribution is -0.141. The molecule has 0 amide bonds. The number of unbranched alkanes of at least 4 members (excludes halogenated alkanes) is 9. The molecule has 0 aromatic heterocycles. The second-order valence-electron chi connectivity index (χ2n) is 24.7. The van der Waals surface area contributed by atoms with Crippen LogP contribution in [0.15, 0.2) is 68.9 Å². The number of hydrogen-bond acceptors (Lipinski definition) is 1. The summed E-state index contributed by atoms with van der Waals surface area (Å²) in [4.78, 5) is 3.11. The minimum Gasteiger partial charge on any atom is -0.301 e. The van der Waals surface area contributed by atoms with Crippen LogP contribution >= 0.6 is 0 Å². The topological polar surface area (TPSA) is 3.24 Å². The lowest BCUT2D eigenvalue weighted by Gasteiger charge is -2.64. The third-order valence-corrected chi connectivity index (χ3v) is 24.6. The second-order valence-corrected chi connectivity index (χ2v) is 24.7. The van der Waals surface area contributed by atoms with Crippen molar-refractivity contribution in [3.05, 3.63) is 68.9 Å². The number of hydrogen-bond donors (Lipinski definition) is 0. The summed E-state index contributed by atoms with van der Waals surface area (Å²) in [6, 6.07) is 0.774. The van der Waals surface area contributed by atoms with Gasteiger partial charge in [-0.15, -0.1) is 0 Å². The van der Waals surface area contributed by atoms with Gasteiger partial charge in [0.05, 0.1) is 0 Å². The maximum Gasteiger partial charge on any atom is 0.0386 e. The molecule has 56 heavy (non-hydrogen) atoms. The number of likely N-dealkylation sites (tertiary alicyclic amines) is 1. The smallest absolute Gasteiger partial charge is 0.0386 e. The minimum atomic E-state index is 0.323. The van der Waals surface area contributed by atoms with Gasteiger partial charge in [0.2, 0.25) is 0 Å². The van der Waals surface area contributed by atoms with Crippen LogP contribution in [0.2, 0.25) is 0 Å². The zero-order valence-electron chi connectivity index (χ0n) is 34.8. The predicted molar refractivity (Wildman–Crippen MR) is 222 cm³/mol. The highest BCUT2D eigenvalue weighted by Crippen LogP contribution is 2.95. The fourth-order valence-electron chi connectivity index (χ4n) is 25.1. The largest absolute Gasteiger partial charge is 0.301 e. The molecule has 0 radical (unpaired) electrons. The molecule has 24 atom stereocenters. The number of nitrogens with zero attached hydrogens (tertiary/aromatic N) is 1. The molecule has 0 aromatic rings. The van der Waals surface area contributed by atoms with Crippen molar-refractivity contribution in [2.24, 2.45) is 135 Å². The van der Waals surface area contributed by atoms with Gasteiger partial charge in [-0.2, -0.15) is 0 Å². The van der Waals surface area contributed by atoms with E-state index in [1.54, 1.807) is 19.3 Å². The average molecular weight is 742 g/mol. The van der Waals surface area contributed by atoms with E-state index in [0.29, 0.717) is 16.7 Å². The Balaban J connectivity index is 0.886. The van der Waals surface area contributed by atoms with Gasteiger partial charge in [-0.25, -0.2) is 0 Å². The van der Waals surface area contributed by atoms with Crippen LogP contribution in [0.1, 0.15) is 110 Å². The fraction of sp³-hybridized carbons (Fsp3) is 0.782. The van der Waals surface area contributed by atoms with Crippen molar-refractivity contribution in [3.63, 3.8) is 0 Å². The van der Waals surface area contributed by atoms with Crippen molar-refractivity contribution in [3.8, 4) is 0 Å². The van der Waals surface area contributed by atoms with Crippen molar-refractivity contribution >= 4 is 0 Å². The Morgan fingerprint density at radius 2 is 1.36 bits per heavy atom. The zero-order chi connectivity index (χ0) is 36.0.